The van der Waals surface area contributed by atoms with Crippen LogP contribution in [-0.4, -0.2) is 64.8 Å². The SMILES string of the molecule is CCC(C)C(N)C(=O)NC(C(=O)NC(CCC(N)=O)C(=O)NC(CCC(N)=O)C(=O)O)C(C)CC. The van der Waals surface area contributed by atoms with Gasteiger partial charge in [-0.25, -0.2) is 4.79 Å². The fraction of sp³-hybridized carbons (Fsp3) is 0.727. The Morgan fingerprint density at radius 3 is 1.60 bits per heavy atom. The molecule has 0 heterocycles. The fourth-order valence-corrected chi connectivity index (χ4v) is 3.10. The van der Waals surface area contributed by atoms with Gasteiger partial charge in [-0.05, 0) is 24.7 Å². The van der Waals surface area contributed by atoms with Crippen molar-refractivity contribution in [3.05, 3.63) is 0 Å². The molecule has 0 aliphatic heterocycles. The van der Waals surface area contributed by atoms with Crippen LogP contribution in [0.2, 0.25) is 0 Å². The third kappa shape index (κ3) is 11.7. The second-order valence-electron chi connectivity index (χ2n) is 8.75. The molecule has 13 nitrogen and oxygen atoms in total. The molecule has 0 aliphatic carbocycles. The van der Waals surface area contributed by atoms with Crippen molar-refractivity contribution in [3.63, 3.8) is 0 Å². The molecule has 0 fully saturated rings. The molecule has 0 rings (SSSR count). The molecular weight excluding hydrogens is 460 g/mol. The van der Waals surface area contributed by atoms with E-state index in [-0.39, 0.29) is 37.5 Å². The largest absolute Gasteiger partial charge is 0.480 e. The first kappa shape index (κ1) is 31.8. The molecule has 6 unspecified atom stereocenters. The smallest absolute Gasteiger partial charge is 0.326 e. The number of hydrogen-bond acceptors (Lipinski definition) is 7. The van der Waals surface area contributed by atoms with Gasteiger partial charge in [0.25, 0.3) is 0 Å². The summed E-state index contributed by atoms with van der Waals surface area (Å²) in [6.07, 6.45) is 0.160. The van der Waals surface area contributed by atoms with Crippen molar-refractivity contribution in [2.75, 3.05) is 0 Å². The minimum absolute atomic E-state index is 0.127. The third-order valence-electron chi connectivity index (χ3n) is 5.96. The topological polar surface area (TPSA) is 237 Å². The van der Waals surface area contributed by atoms with E-state index in [0.29, 0.717) is 12.8 Å². The van der Waals surface area contributed by atoms with Gasteiger partial charge in [-0.15, -0.1) is 0 Å². The van der Waals surface area contributed by atoms with Crippen LogP contribution >= 0.6 is 0 Å². The maximum absolute atomic E-state index is 13.1. The molecule has 6 atom stereocenters. The fourth-order valence-electron chi connectivity index (χ4n) is 3.10. The lowest BCUT2D eigenvalue weighted by atomic mass is 9.95. The number of aliphatic carboxylic acids is 1. The van der Waals surface area contributed by atoms with Crippen molar-refractivity contribution in [1.29, 1.82) is 0 Å². The average Bonchev–Trinajstić information content (AvgIpc) is 2.79. The Morgan fingerprint density at radius 2 is 1.17 bits per heavy atom. The van der Waals surface area contributed by atoms with Crippen LogP contribution in [0, 0.1) is 11.8 Å². The second kappa shape index (κ2) is 15.6. The van der Waals surface area contributed by atoms with Crippen LogP contribution in [0.25, 0.3) is 0 Å². The van der Waals surface area contributed by atoms with Gasteiger partial charge in [0, 0.05) is 12.8 Å². The summed E-state index contributed by atoms with van der Waals surface area (Å²) in [4.78, 5) is 72.3. The van der Waals surface area contributed by atoms with Gasteiger partial charge in [-0.1, -0.05) is 40.5 Å². The molecule has 0 saturated heterocycles. The number of carbonyl (C=O) groups excluding carboxylic acids is 5. The van der Waals surface area contributed by atoms with Crippen LogP contribution in [0.15, 0.2) is 0 Å². The Bertz CT molecular complexity index is 775. The maximum Gasteiger partial charge on any atom is 0.326 e. The number of carboxylic acids is 1. The van der Waals surface area contributed by atoms with E-state index in [1.165, 1.54) is 0 Å². The van der Waals surface area contributed by atoms with E-state index in [9.17, 15) is 33.9 Å². The monoisotopic (exact) mass is 500 g/mol. The summed E-state index contributed by atoms with van der Waals surface area (Å²) >= 11 is 0. The lowest BCUT2D eigenvalue weighted by Gasteiger charge is -2.28. The Balaban J connectivity index is 5.67. The van der Waals surface area contributed by atoms with Crippen LogP contribution in [0.1, 0.15) is 66.2 Å². The van der Waals surface area contributed by atoms with Gasteiger partial charge in [0.2, 0.25) is 29.5 Å². The predicted molar refractivity (Wildman–Crippen MR) is 127 cm³/mol. The summed E-state index contributed by atoms with van der Waals surface area (Å²) in [6.45, 7) is 7.25. The molecule has 0 aliphatic rings. The Labute approximate surface area is 205 Å². The van der Waals surface area contributed by atoms with E-state index >= 15 is 0 Å². The standard InChI is InChI=1S/C22H40N6O7/c1-5-11(3)17(25)20(32)28-18(12(4)6-2)21(33)26-13(7-9-15(23)29)19(31)27-14(22(34)35)8-10-16(24)30/h11-14,17-18H,5-10,25H2,1-4H3,(H2,23,29)(H2,24,30)(H,26,33)(H,27,31)(H,28,32)(H,34,35). The highest BCUT2D eigenvalue weighted by molar-refractivity contribution is 5.94. The molecule has 13 heteroatoms. The van der Waals surface area contributed by atoms with Crippen molar-refractivity contribution in [2.24, 2.45) is 29.0 Å². The Morgan fingerprint density at radius 1 is 0.714 bits per heavy atom. The van der Waals surface area contributed by atoms with E-state index in [0.717, 1.165) is 0 Å². The van der Waals surface area contributed by atoms with Gasteiger partial charge >= 0.3 is 5.97 Å². The average molecular weight is 501 g/mol. The molecule has 0 bridgehead atoms. The zero-order chi connectivity index (χ0) is 27.3. The molecule has 0 aromatic heterocycles. The van der Waals surface area contributed by atoms with E-state index in [1.54, 1.807) is 6.92 Å². The highest BCUT2D eigenvalue weighted by Crippen LogP contribution is 2.12. The number of carboxylic acid groups (broad SMARTS) is 1. The predicted octanol–water partition coefficient (Wildman–Crippen LogP) is -1.52. The Hall–Kier alpha value is -3.22. The highest BCUT2D eigenvalue weighted by atomic mass is 16.4. The number of rotatable bonds is 17. The van der Waals surface area contributed by atoms with Crippen LogP contribution in [0.5, 0.6) is 0 Å². The van der Waals surface area contributed by atoms with Gasteiger partial charge in [0.1, 0.15) is 18.1 Å². The highest BCUT2D eigenvalue weighted by Gasteiger charge is 2.33. The lowest BCUT2D eigenvalue weighted by molar-refractivity contribution is -0.143. The minimum Gasteiger partial charge on any atom is -0.480 e. The number of nitrogens with two attached hydrogens (primary N) is 3. The summed E-state index contributed by atoms with van der Waals surface area (Å²) in [7, 11) is 0. The quantitative estimate of drug-likeness (QED) is 0.123. The number of carbonyl (C=O) groups is 6. The summed E-state index contributed by atoms with van der Waals surface area (Å²) in [5, 5.41) is 16.7. The molecule has 0 aromatic rings. The van der Waals surface area contributed by atoms with Gasteiger partial charge < -0.3 is 38.3 Å². The van der Waals surface area contributed by atoms with Crippen LogP contribution in [0.3, 0.4) is 0 Å². The zero-order valence-electron chi connectivity index (χ0n) is 20.8. The number of amides is 5. The summed E-state index contributed by atoms with van der Waals surface area (Å²) in [5.74, 6) is -5.43. The lowest BCUT2D eigenvalue weighted by Crippen LogP contribution is -2.59. The van der Waals surface area contributed by atoms with Crippen molar-refractivity contribution in [2.45, 2.75) is 90.4 Å². The number of primary amides is 2. The van der Waals surface area contributed by atoms with E-state index in [2.05, 4.69) is 16.0 Å². The van der Waals surface area contributed by atoms with Crippen molar-refractivity contribution in [1.82, 2.24) is 16.0 Å². The van der Waals surface area contributed by atoms with Gasteiger partial charge in [0.15, 0.2) is 0 Å². The molecule has 0 saturated carbocycles. The van der Waals surface area contributed by atoms with Crippen molar-refractivity contribution < 1.29 is 33.9 Å². The first-order valence-corrected chi connectivity index (χ1v) is 11.7. The third-order valence-corrected chi connectivity index (χ3v) is 5.96. The molecule has 0 aromatic carbocycles. The van der Waals surface area contributed by atoms with Crippen LogP contribution < -0.4 is 33.2 Å². The van der Waals surface area contributed by atoms with Crippen LogP contribution in [-0.2, 0) is 28.8 Å². The van der Waals surface area contributed by atoms with Gasteiger partial charge in [-0.3, -0.25) is 24.0 Å². The van der Waals surface area contributed by atoms with E-state index < -0.39 is 59.7 Å². The zero-order valence-corrected chi connectivity index (χ0v) is 20.8. The second-order valence-corrected chi connectivity index (χ2v) is 8.75. The molecule has 5 amide bonds. The molecule has 10 N–H and O–H groups in total. The first-order valence-electron chi connectivity index (χ1n) is 11.7. The normalized spacial score (nSPS) is 16.0. The summed E-state index contributed by atoms with van der Waals surface area (Å²) < 4.78 is 0. The maximum atomic E-state index is 13.1. The number of hydrogen-bond donors (Lipinski definition) is 7. The Kier molecular flexibility index (Phi) is 14.2. The van der Waals surface area contributed by atoms with Gasteiger partial charge in [0.05, 0.1) is 6.04 Å². The molecule has 35 heavy (non-hydrogen) atoms. The number of nitrogens with one attached hydrogen (secondary N) is 3. The van der Waals surface area contributed by atoms with Gasteiger partial charge in [-0.2, -0.15) is 0 Å². The minimum atomic E-state index is -1.44. The summed E-state index contributed by atoms with van der Waals surface area (Å²) in [5.41, 5.74) is 16.2. The summed E-state index contributed by atoms with van der Waals surface area (Å²) in [6, 6.07) is -4.63. The molecule has 200 valence electrons. The molecule has 0 spiro atoms. The molecular formula is C22H40N6O7. The van der Waals surface area contributed by atoms with E-state index in [4.69, 9.17) is 17.2 Å². The van der Waals surface area contributed by atoms with Crippen LogP contribution in [0.4, 0.5) is 0 Å². The van der Waals surface area contributed by atoms with E-state index in [1.807, 2.05) is 20.8 Å². The molecule has 0 radical (unpaired) electrons. The first-order chi connectivity index (χ1) is 16.2. The van der Waals surface area contributed by atoms with Crippen molar-refractivity contribution in [3.8, 4) is 0 Å². The van der Waals surface area contributed by atoms with Crippen molar-refractivity contribution >= 4 is 35.5 Å².